The number of aliphatic hydroxyl groups is 1. The largest absolute Gasteiger partial charge is 0.399 e. The number of hydrogen-bond acceptors (Lipinski definition) is 3. The first kappa shape index (κ1) is 8.43. The summed E-state index contributed by atoms with van der Waals surface area (Å²) in [6.45, 7) is 0.217. The van der Waals surface area contributed by atoms with Crippen molar-refractivity contribution in [1.82, 2.24) is 0 Å². The molecule has 1 aromatic carbocycles. The summed E-state index contributed by atoms with van der Waals surface area (Å²) in [5, 5.41) is 8.54. The van der Waals surface area contributed by atoms with E-state index in [1.165, 1.54) is 0 Å². The molecule has 1 rings (SSSR count). The Morgan fingerprint density at radius 2 is 1.91 bits per heavy atom. The van der Waals surface area contributed by atoms with E-state index in [0.717, 1.165) is 16.3 Å². The summed E-state index contributed by atoms with van der Waals surface area (Å²) in [5.41, 5.74) is 6.27. The van der Waals surface area contributed by atoms with E-state index >= 15 is 0 Å². The van der Waals surface area contributed by atoms with Gasteiger partial charge in [0, 0.05) is 16.3 Å². The van der Waals surface area contributed by atoms with E-state index in [9.17, 15) is 0 Å². The van der Waals surface area contributed by atoms with Gasteiger partial charge >= 0.3 is 0 Å². The average Bonchev–Trinajstić information content (AvgIpc) is 2.04. The third-order valence-electron chi connectivity index (χ3n) is 1.24. The van der Waals surface area contributed by atoms with Gasteiger partial charge in [0.15, 0.2) is 0 Å². The minimum absolute atomic E-state index is 0.217. The van der Waals surface area contributed by atoms with Crippen molar-refractivity contribution in [3.8, 4) is 0 Å². The van der Waals surface area contributed by atoms with E-state index in [4.69, 9.17) is 10.8 Å². The van der Waals surface area contributed by atoms with Gasteiger partial charge in [0.25, 0.3) is 0 Å². The Kier molecular flexibility index (Phi) is 3.26. The molecule has 0 radical (unpaired) electrons. The fourth-order valence-corrected chi connectivity index (χ4v) is 1.38. The van der Waals surface area contributed by atoms with E-state index in [1.807, 2.05) is 24.3 Å². The topological polar surface area (TPSA) is 46.2 Å². The SMILES string of the molecule is Nc1ccc(SCCO)cc1. The molecular formula is C8H11NOS. The molecule has 0 aliphatic rings. The van der Waals surface area contributed by atoms with Crippen LogP contribution in [0.4, 0.5) is 5.69 Å². The van der Waals surface area contributed by atoms with Gasteiger partial charge in [-0.25, -0.2) is 0 Å². The maximum absolute atomic E-state index is 8.54. The lowest BCUT2D eigenvalue weighted by Crippen LogP contribution is -1.86. The summed E-state index contributed by atoms with van der Waals surface area (Å²) in [7, 11) is 0. The lowest BCUT2D eigenvalue weighted by molar-refractivity contribution is 0.322. The first-order valence-electron chi connectivity index (χ1n) is 3.42. The summed E-state index contributed by atoms with van der Waals surface area (Å²) in [6.07, 6.45) is 0. The number of aliphatic hydroxyl groups excluding tert-OH is 1. The molecule has 0 fully saturated rings. The Balaban J connectivity index is 2.52. The number of benzene rings is 1. The van der Waals surface area contributed by atoms with Crippen LogP contribution in [-0.2, 0) is 0 Å². The summed E-state index contributed by atoms with van der Waals surface area (Å²) in [5.74, 6) is 0.740. The predicted molar refractivity (Wildman–Crippen MR) is 48.7 cm³/mol. The molecule has 3 heteroatoms. The quantitative estimate of drug-likeness (QED) is 0.530. The molecule has 0 aliphatic carbocycles. The number of nitrogens with two attached hydrogens (primary N) is 1. The third kappa shape index (κ3) is 2.82. The highest BCUT2D eigenvalue weighted by Crippen LogP contribution is 2.18. The van der Waals surface area contributed by atoms with Gasteiger partial charge in [-0.05, 0) is 24.3 Å². The standard InChI is InChI=1S/C8H11NOS/c9-7-1-3-8(4-2-7)11-6-5-10/h1-4,10H,5-6,9H2. The number of thioether (sulfide) groups is 1. The summed E-state index contributed by atoms with van der Waals surface area (Å²) >= 11 is 1.62. The molecule has 11 heavy (non-hydrogen) atoms. The van der Waals surface area contributed by atoms with Gasteiger partial charge in [0.05, 0.1) is 6.61 Å². The minimum Gasteiger partial charge on any atom is -0.399 e. The number of rotatable bonds is 3. The summed E-state index contributed by atoms with van der Waals surface area (Å²) < 4.78 is 0. The van der Waals surface area contributed by atoms with Gasteiger partial charge in [-0.2, -0.15) is 0 Å². The van der Waals surface area contributed by atoms with Crippen molar-refractivity contribution >= 4 is 17.4 Å². The van der Waals surface area contributed by atoms with E-state index in [-0.39, 0.29) is 6.61 Å². The van der Waals surface area contributed by atoms with Crippen LogP contribution in [0.3, 0.4) is 0 Å². The Morgan fingerprint density at radius 1 is 1.27 bits per heavy atom. The molecule has 60 valence electrons. The molecule has 0 bridgehead atoms. The van der Waals surface area contributed by atoms with Gasteiger partial charge in [-0.1, -0.05) is 0 Å². The Labute approximate surface area is 70.4 Å². The maximum Gasteiger partial charge on any atom is 0.0525 e. The fourth-order valence-electron chi connectivity index (χ4n) is 0.728. The molecule has 0 spiro atoms. The Bertz CT molecular complexity index is 210. The van der Waals surface area contributed by atoms with Crippen molar-refractivity contribution in [3.05, 3.63) is 24.3 Å². The zero-order chi connectivity index (χ0) is 8.10. The minimum atomic E-state index is 0.217. The van der Waals surface area contributed by atoms with Crippen LogP contribution in [-0.4, -0.2) is 17.5 Å². The highest BCUT2D eigenvalue weighted by atomic mass is 32.2. The molecule has 1 aromatic rings. The molecule has 0 atom stereocenters. The first-order chi connectivity index (χ1) is 5.33. The van der Waals surface area contributed by atoms with Crippen molar-refractivity contribution in [2.75, 3.05) is 18.1 Å². The van der Waals surface area contributed by atoms with Crippen LogP contribution in [0.5, 0.6) is 0 Å². The van der Waals surface area contributed by atoms with Crippen LogP contribution in [0.2, 0.25) is 0 Å². The van der Waals surface area contributed by atoms with Gasteiger partial charge in [0.2, 0.25) is 0 Å². The molecular weight excluding hydrogens is 158 g/mol. The normalized spacial score (nSPS) is 9.91. The summed E-state index contributed by atoms with van der Waals surface area (Å²) in [6, 6.07) is 7.63. The molecule has 0 heterocycles. The molecule has 0 aliphatic heterocycles. The van der Waals surface area contributed by atoms with Crippen LogP contribution in [0.1, 0.15) is 0 Å². The molecule has 2 nitrogen and oxygen atoms in total. The number of anilines is 1. The van der Waals surface area contributed by atoms with Gasteiger partial charge in [0.1, 0.15) is 0 Å². The van der Waals surface area contributed by atoms with E-state index in [2.05, 4.69) is 0 Å². The van der Waals surface area contributed by atoms with Gasteiger partial charge < -0.3 is 10.8 Å². The molecule has 0 saturated heterocycles. The van der Waals surface area contributed by atoms with Crippen LogP contribution >= 0.6 is 11.8 Å². The van der Waals surface area contributed by atoms with Gasteiger partial charge in [-0.15, -0.1) is 11.8 Å². The second-order valence-corrected chi connectivity index (χ2v) is 3.31. The highest BCUT2D eigenvalue weighted by Gasteiger charge is 1.91. The maximum atomic E-state index is 8.54. The second kappa shape index (κ2) is 4.26. The Hall–Kier alpha value is -0.670. The van der Waals surface area contributed by atoms with Crippen molar-refractivity contribution < 1.29 is 5.11 Å². The first-order valence-corrected chi connectivity index (χ1v) is 4.40. The van der Waals surface area contributed by atoms with Crippen molar-refractivity contribution in [2.24, 2.45) is 0 Å². The van der Waals surface area contributed by atoms with Crippen molar-refractivity contribution in [1.29, 1.82) is 0 Å². The van der Waals surface area contributed by atoms with Crippen LogP contribution in [0.25, 0.3) is 0 Å². The van der Waals surface area contributed by atoms with E-state index in [1.54, 1.807) is 11.8 Å². The predicted octanol–water partition coefficient (Wildman–Crippen LogP) is 1.35. The zero-order valence-electron chi connectivity index (χ0n) is 6.16. The summed E-state index contributed by atoms with van der Waals surface area (Å²) in [4.78, 5) is 1.15. The molecule has 0 aromatic heterocycles. The van der Waals surface area contributed by atoms with Crippen molar-refractivity contribution in [2.45, 2.75) is 4.90 Å². The monoisotopic (exact) mass is 169 g/mol. The third-order valence-corrected chi connectivity index (χ3v) is 2.23. The van der Waals surface area contributed by atoms with E-state index < -0.39 is 0 Å². The lowest BCUT2D eigenvalue weighted by Gasteiger charge is -1.98. The van der Waals surface area contributed by atoms with Crippen LogP contribution in [0, 0.1) is 0 Å². The highest BCUT2D eigenvalue weighted by molar-refractivity contribution is 7.99. The second-order valence-electron chi connectivity index (χ2n) is 2.14. The zero-order valence-corrected chi connectivity index (χ0v) is 6.97. The number of hydrogen-bond donors (Lipinski definition) is 2. The smallest absolute Gasteiger partial charge is 0.0525 e. The van der Waals surface area contributed by atoms with Gasteiger partial charge in [-0.3, -0.25) is 0 Å². The molecule has 0 amide bonds. The van der Waals surface area contributed by atoms with Crippen molar-refractivity contribution in [3.63, 3.8) is 0 Å². The lowest BCUT2D eigenvalue weighted by atomic mass is 10.3. The number of nitrogen functional groups attached to an aromatic ring is 1. The van der Waals surface area contributed by atoms with E-state index in [0.29, 0.717) is 0 Å². The Morgan fingerprint density at radius 3 is 2.45 bits per heavy atom. The molecule has 0 saturated carbocycles. The average molecular weight is 169 g/mol. The van der Waals surface area contributed by atoms with Crippen LogP contribution in [0.15, 0.2) is 29.2 Å². The molecule has 0 unspecified atom stereocenters. The van der Waals surface area contributed by atoms with Crippen LogP contribution < -0.4 is 5.73 Å². The fraction of sp³-hybridized carbons (Fsp3) is 0.250. The molecule has 3 N–H and O–H groups in total.